The average molecular weight is 361 g/mol. The van der Waals surface area contributed by atoms with Crippen molar-refractivity contribution in [2.75, 3.05) is 7.11 Å². The van der Waals surface area contributed by atoms with Crippen LogP contribution in [-0.2, 0) is 0 Å². The molecule has 0 aliphatic rings. The minimum atomic E-state index is -0.533. The molecule has 0 fully saturated rings. The van der Waals surface area contributed by atoms with Crippen molar-refractivity contribution in [1.29, 1.82) is 0 Å². The number of nitrogens with zero attached hydrogens (tertiary/aromatic N) is 3. The van der Waals surface area contributed by atoms with Crippen LogP contribution < -0.4 is 9.47 Å². The molecule has 0 saturated carbocycles. The molecule has 0 spiro atoms. The van der Waals surface area contributed by atoms with Gasteiger partial charge in [0.25, 0.3) is 5.69 Å². The molecule has 0 bridgehead atoms. The Bertz CT molecular complexity index is 668. The lowest BCUT2D eigenvalue weighted by Gasteiger charge is -2.10. The van der Waals surface area contributed by atoms with E-state index in [1.54, 1.807) is 0 Å². The van der Waals surface area contributed by atoms with Gasteiger partial charge in [-0.3, -0.25) is 10.1 Å². The zero-order chi connectivity index (χ0) is 14.7. The summed E-state index contributed by atoms with van der Waals surface area (Å²) in [7, 11) is 1.43. The predicted molar refractivity (Wildman–Crippen MR) is 74.5 cm³/mol. The molecule has 2 rings (SSSR count). The number of non-ortho nitro benzene ring substituents is 1. The maximum absolute atomic E-state index is 10.8. The van der Waals surface area contributed by atoms with Gasteiger partial charge in [-0.1, -0.05) is 11.6 Å². The Labute approximate surface area is 126 Å². The van der Waals surface area contributed by atoms with E-state index in [1.807, 2.05) is 0 Å². The highest BCUT2D eigenvalue weighted by Crippen LogP contribution is 2.37. The van der Waals surface area contributed by atoms with Gasteiger partial charge in [0.2, 0.25) is 5.88 Å². The highest BCUT2D eigenvalue weighted by molar-refractivity contribution is 9.10. The van der Waals surface area contributed by atoms with Gasteiger partial charge in [0.15, 0.2) is 16.7 Å². The van der Waals surface area contributed by atoms with Gasteiger partial charge >= 0.3 is 0 Å². The van der Waals surface area contributed by atoms with E-state index in [0.29, 0.717) is 10.2 Å². The van der Waals surface area contributed by atoms with E-state index in [1.165, 1.54) is 31.6 Å². The largest absolute Gasteiger partial charge is 0.493 e. The first-order valence-corrected chi connectivity index (χ1v) is 6.36. The summed E-state index contributed by atoms with van der Waals surface area (Å²) in [6.45, 7) is 0. The Hall–Kier alpha value is -1.93. The topological polar surface area (TPSA) is 87.4 Å². The lowest BCUT2D eigenvalue weighted by molar-refractivity contribution is -0.384. The number of hydrogen-bond donors (Lipinski definition) is 0. The normalized spacial score (nSPS) is 10.2. The fraction of sp³-hybridized carbons (Fsp3) is 0.0909. The Balaban J connectivity index is 2.43. The van der Waals surface area contributed by atoms with Crippen LogP contribution in [0.1, 0.15) is 0 Å². The summed E-state index contributed by atoms with van der Waals surface area (Å²) in [5.74, 6) is 0.609. The minimum absolute atomic E-state index is 0.128. The number of hydrogen-bond acceptors (Lipinski definition) is 6. The summed E-state index contributed by atoms with van der Waals surface area (Å²) in [5.41, 5.74) is -0.128. The number of halogens is 2. The molecule has 0 saturated heterocycles. The van der Waals surface area contributed by atoms with Gasteiger partial charge in [-0.15, -0.1) is 0 Å². The summed E-state index contributed by atoms with van der Waals surface area (Å²) < 4.78 is 10.9. The number of rotatable bonds is 4. The number of methoxy groups -OCH3 is 1. The van der Waals surface area contributed by atoms with Crippen molar-refractivity contribution in [3.05, 3.63) is 44.3 Å². The van der Waals surface area contributed by atoms with Crippen LogP contribution in [0.2, 0.25) is 5.15 Å². The molecule has 1 aromatic heterocycles. The van der Waals surface area contributed by atoms with E-state index in [2.05, 4.69) is 25.9 Å². The standard InChI is InChI=1S/C11H7BrClN3O4/c1-19-7-3-2-6(16(17)18)4-8(7)20-11-9(12)10(13)14-5-15-11/h2-5H,1H3. The van der Waals surface area contributed by atoms with E-state index < -0.39 is 4.92 Å². The van der Waals surface area contributed by atoms with E-state index in [4.69, 9.17) is 21.1 Å². The summed E-state index contributed by atoms with van der Waals surface area (Å²) >= 11 is 8.99. The highest BCUT2D eigenvalue weighted by Gasteiger charge is 2.16. The van der Waals surface area contributed by atoms with E-state index in [0.717, 1.165) is 0 Å². The number of benzene rings is 1. The van der Waals surface area contributed by atoms with Gasteiger partial charge < -0.3 is 9.47 Å². The zero-order valence-corrected chi connectivity index (χ0v) is 12.4. The smallest absolute Gasteiger partial charge is 0.273 e. The molecule has 20 heavy (non-hydrogen) atoms. The molecule has 0 aliphatic carbocycles. The molecule has 7 nitrogen and oxygen atoms in total. The molecular weight excluding hydrogens is 353 g/mol. The van der Waals surface area contributed by atoms with Gasteiger partial charge in [0.05, 0.1) is 18.1 Å². The summed E-state index contributed by atoms with van der Waals surface area (Å²) in [4.78, 5) is 17.9. The van der Waals surface area contributed by atoms with Gasteiger partial charge in [0, 0.05) is 6.07 Å². The number of ether oxygens (including phenoxy) is 2. The Kier molecular flexibility index (Phi) is 4.35. The monoisotopic (exact) mass is 359 g/mol. The van der Waals surface area contributed by atoms with Crippen LogP contribution in [0.5, 0.6) is 17.4 Å². The quantitative estimate of drug-likeness (QED) is 0.470. The molecule has 0 radical (unpaired) electrons. The van der Waals surface area contributed by atoms with Crippen molar-refractivity contribution in [3.63, 3.8) is 0 Å². The molecule has 9 heteroatoms. The Morgan fingerprint density at radius 2 is 2.10 bits per heavy atom. The molecular formula is C11H7BrClN3O4. The Morgan fingerprint density at radius 1 is 1.35 bits per heavy atom. The molecule has 1 aromatic carbocycles. The first-order valence-electron chi connectivity index (χ1n) is 5.19. The fourth-order valence-corrected chi connectivity index (χ4v) is 1.78. The van der Waals surface area contributed by atoms with Crippen LogP contribution in [-0.4, -0.2) is 22.0 Å². The van der Waals surface area contributed by atoms with Crippen LogP contribution in [0.3, 0.4) is 0 Å². The lowest BCUT2D eigenvalue weighted by atomic mass is 10.3. The third-order valence-corrected chi connectivity index (χ3v) is 3.51. The van der Waals surface area contributed by atoms with Crippen LogP contribution in [0, 0.1) is 10.1 Å². The summed E-state index contributed by atoms with van der Waals surface area (Å²) in [6.07, 6.45) is 1.21. The second-order valence-electron chi connectivity index (χ2n) is 3.48. The first-order chi connectivity index (χ1) is 9.52. The van der Waals surface area contributed by atoms with Crippen molar-refractivity contribution in [2.24, 2.45) is 0 Å². The maximum atomic E-state index is 10.8. The molecule has 0 N–H and O–H groups in total. The predicted octanol–water partition coefficient (Wildman–Crippen LogP) is 3.60. The van der Waals surface area contributed by atoms with Crippen LogP contribution in [0.25, 0.3) is 0 Å². The third kappa shape index (κ3) is 2.97. The number of nitro groups is 1. The third-order valence-electron chi connectivity index (χ3n) is 2.28. The first kappa shape index (κ1) is 14.5. The van der Waals surface area contributed by atoms with Crippen molar-refractivity contribution >= 4 is 33.2 Å². The van der Waals surface area contributed by atoms with Crippen molar-refractivity contribution < 1.29 is 14.4 Å². The van der Waals surface area contributed by atoms with Crippen molar-refractivity contribution in [2.45, 2.75) is 0 Å². The number of nitro benzene ring substituents is 1. The molecule has 0 unspecified atom stereocenters. The molecule has 0 atom stereocenters. The molecule has 2 aromatic rings. The van der Waals surface area contributed by atoms with Gasteiger partial charge in [0.1, 0.15) is 10.8 Å². The van der Waals surface area contributed by atoms with Gasteiger partial charge in [-0.25, -0.2) is 9.97 Å². The second-order valence-corrected chi connectivity index (χ2v) is 4.63. The highest BCUT2D eigenvalue weighted by atomic mass is 79.9. The van der Waals surface area contributed by atoms with E-state index in [-0.39, 0.29) is 22.5 Å². The van der Waals surface area contributed by atoms with Gasteiger partial charge in [-0.05, 0) is 22.0 Å². The fourth-order valence-electron chi connectivity index (χ4n) is 1.37. The van der Waals surface area contributed by atoms with E-state index in [9.17, 15) is 10.1 Å². The maximum Gasteiger partial charge on any atom is 0.273 e. The molecule has 0 aliphatic heterocycles. The lowest BCUT2D eigenvalue weighted by Crippen LogP contribution is -1.96. The average Bonchev–Trinajstić information content (AvgIpc) is 2.43. The number of aromatic nitrogens is 2. The zero-order valence-electron chi connectivity index (χ0n) is 10.0. The van der Waals surface area contributed by atoms with Crippen LogP contribution >= 0.6 is 27.5 Å². The van der Waals surface area contributed by atoms with Crippen LogP contribution in [0.15, 0.2) is 29.0 Å². The summed E-state index contributed by atoms with van der Waals surface area (Å²) in [6, 6.07) is 3.99. The van der Waals surface area contributed by atoms with E-state index >= 15 is 0 Å². The SMILES string of the molecule is COc1ccc([N+](=O)[O-])cc1Oc1ncnc(Cl)c1Br. The van der Waals surface area contributed by atoms with Crippen LogP contribution in [0.4, 0.5) is 5.69 Å². The molecule has 1 heterocycles. The Morgan fingerprint density at radius 3 is 2.75 bits per heavy atom. The van der Waals surface area contributed by atoms with Crippen molar-refractivity contribution in [1.82, 2.24) is 9.97 Å². The second kappa shape index (κ2) is 6.02. The molecule has 104 valence electrons. The van der Waals surface area contributed by atoms with Crippen molar-refractivity contribution in [3.8, 4) is 17.4 Å². The minimum Gasteiger partial charge on any atom is -0.493 e. The van der Waals surface area contributed by atoms with Gasteiger partial charge in [-0.2, -0.15) is 0 Å². The molecule has 0 amide bonds. The summed E-state index contributed by atoms with van der Waals surface area (Å²) in [5, 5.41) is 10.9.